The number of amides is 1. The smallest absolute Gasteiger partial charge is 0.269 e. The number of hydrogen-bond acceptors (Lipinski definition) is 9. The first kappa shape index (κ1) is 23.2. The van der Waals surface area contributed by atoms with Crippen molar-refractivity contribution in [3.05, 3.63) is 74.5 Å². The number of ketones is 2. The number of fused-ring (bicyclic) bond motifs is 3. The standard InChI is InChI=1S/C25H20N2O9/c26-24(33)20-17(29)9-12-7-11-8-15-14(10-1-3-13(4-2-10)27(35)36)5-6-16(28)19(15)21(30)18(11)22(31)25(12,34)23(20)32/h1-6,11-12,28,30,32,34H,7-9H2,(H2,26,33). The summed E-state index contributed by atoms with van der Waals surface area (Å²) in [6.45, 7) is 0. The normalized spacial score (nSPS) is 25.2. The van der Waals surface area contributed by atoms with Crippen molar-refractivity contribution in [2.75, 3.05) is 0 Å². The minimum atomic E-state index is -2.62. The minimum Gasteiger partial charge on any atom is -0.508 e. The zero-order chi connectivity index (χ0) is 26.1. The number of phenols is 1. The molecule has 0 bridgehead atoms. The second-order valence-corrected chi connectivity index (χ2v) is 9.20. The van der Waals surface area contributed by atoms with Gasteiger partial charge in [0.2, 0.25) is 5.78 Å². The Hall–Kier alpha value is -4.51. The van der Waals surface area contributed by atoms with Crippen LogP contribution in [0.1, 0.15) is 24.0 Å². The van der Waals surface area contributed by atoms with Crippen molar-refractivity contribution in [3.63, 3.8) is 0 Å². The molecule has 11 heteroatoms. The zero-order valence-electron chi connectivity index (χ0n) is 18.6. The third-order valence-electron chi connectivity index (χ3n) is 7.34. The summed E-state index contributed by atoms with van der Waals surface area (Å²) in [7, 11) is 0. The molecule has 3 atom stereocenters. The van der Waals surface area contributed by atoms with Gasteiger partial charge < -0.3 is 26.2 Å². The molecule has 1 saturated carbocycles. The first-order valence-corrected chi connectivity index (χ1v) is 11.0. The fraction of sp³-hybridized carbons (Fsp3) is 0.240. The molecular weight excluding hydrogens is 472 g/mol. The van der Waals surface area contributed by atoms with E-state index >= 15 is 0 Å². The molecule has 0 saturated heterocycles. The van der Waals surface area contributed by atoms with E-state index in [-0.39, 0.29) is 35.4 Å². The molecule has 184 valence electrons. The number of carbonyl (C=O) groups excluding carboxylic acids is 3. The lowest BCUT2D eigenvalue weighted by molar-refractivity contribution is -0.384. The van der Waals surface area contributed by atoms with Crippen molar-refractivity contribution >= 4 is 28.9 Å². The monoisotopic (exact) mass is 492 g/mol. The molecular formula is C25H20N2O9. The molecule has 1 amide bonds. The molecule has 0 aliphatic heterocycles. The number of Topliss-reactive ketones (excluding diaryl/α,β-unsaturated/α-hetero) is 2. The van der Waals surface area contributed by atoms with Gasteiger partial charge in [-0.05, 0) is 53.6 Å². The van der Waals surface area contributed by atoms with Gasteiger partial charge in [-0.15, -0.1) is 0 Å². The predicted molar refractivity (Wildman–Crippen MR) is 123 cm³/mol. The maximum Gasteiger partial charge on any atom is 0.269 e. The van der Waals surface area contributed by atoms with Crippen molar-refractivity contribution < 1.29 is 39.7 Å². The number of nitrogens with two attached hydrogens (primary N) is 1. The first-order chi connectivity index (χ1) is 17.0. The van der Waals surface area contributed by atoms with Crippen molar-refractivity contribution in [2.24, 2.45) is 17.6 Å². The fourth-order valence-electron chi connectivity index (χ4n) is 5.65. The van der Waals surface area contributed by atoms with E-state index in [0.717, 1.165) is 0 Å². The van der Waals surface area contributed by atoms with Gasteiger partial charge in [0.1, 0.15) is 22.8 Å². The summed E-state index contributed by atoms with van der Waals surface area (Å²) in [5.74, 6) is -6.95. The molecule has 3 aliphatic carbocycles. The SMILES string of the molecule is NC(=O)C1=C(O)C2(O)C(=O)C3=C(O)c4c(O)ccc(-c5ccc([N+](=O)[O-])cc5)c4CC3CC2CC1=O. The lowest BCUT2D eigenvalue weighted by atomic mass is 9.59. The molecule has 2 aromatic carbocycles. The van der Waals surface area contributed by atoms with Crippen LogP contribution in [0.5, 0.6) is 5.75 Å². The van der Waals surface area contributed by atoms with Crippen LogP contribution in [-0.4, -0.2) is 48.4 Å². The van der Waals surface area contributed by atoms with Crippen LogP contribution in [0.3, 0.4) is 0 Å². The second kappa shape index (κ2) is 7.75. The van der Waals surface area contributed by atoms with Crippen LogP contribution in [0, 0.1) is 22.0 Å². The maximum absolute atomic E-state index is 13.5. The van der Waals surface area contributed by atoms with Gasteiger partial charge in [0, 0.05) is 30.0 Å². The summed E-state index contributed by atoms with van der Waals surface area (Å²) < 4.78 is 0. The van der Waals surface area contributed by atoms with Gasteiger partial charge in [-0.25, -0.2) is 0 Å². The van der Waals surface area contributed by atoms with Gasteiger partial charge in [0.15, 0.2) is 11.4 Å². The van der Waals surface area contributed by atoms with E-state index in [2.05, 4.69) is 0 Å². The van der Waals surface area contributed by atoms with Crippen LogP contribution in [0.25, 0.3) is 16.9 Å². The number of nitro benzene ring substituents is 1. The molecule has 0 aromatic heterocycles. The Kier molecular flexibility index (Phi) is 5.00. The number of aliphatic hydroxyl groups excluding tert-OH is 2. The summed E-state index contributed by atoms with van der Waals surface area (Å²) in [5.41, 5.74) is 2.94. The predicted octanol–water partition coefficient (Wildman–Crippen LogP) is 2.00. The number of aliphatic hydroxyl groups is 3. The van der Waals surface area contributed by atoms with E-state index in [1.807, 2.05) is 0 Å². The highest BCUT2D eigenvalue weighted by Gasteiger charge is 2.60. The van der Waals surface area contributed by atoms with E-state index in [4.69, 9.17) is 5.73 Å². The van der Waals surface area contributed by atoms with Crippen LogP contribution in [0.4, 0.5) is 5.69 Å². The number of benzene rings is 2. The van der Waals surface area contributed by atoms with Gasteiger partial charge >= 0.3 is 0 Å². The number of nitro groups is 1. The molecule has 36 heavy (non-hydrogen) atoms. The highest BCUT2D eigenvalue weighted by atomic mass is 16.6. The third-order valence-corrected chi connectivity index (χ3v) is 7.34. The molecule has 11 nitrogen and oxygen atoms in total. The lowest BCUT2D eigenvalue weighted by Crippen LogP contribution is -2.58. The number of nitrogens with zero attached hydrogens (tertiary/aromatic N) is 1. The number of aromatic hydroxyl groups is 1. The first-order valence-electron chi connectivity index (χ1n) is 11.0. The molecule has 0 spiro atoms. The molecule has 0 radical (unpaired) electrons. The summed E-state index contributed by atoms with van der Waals surface area (Å²) in [5, 5.41) is 54.6. The average molecular weight is 492 g/mol. The van der Waals surface area contributed by atoms with E-state index in [9.17, 15) is 44.9 Å². The van der Waals surface area contributed by atoms with Crippen LogP contribution < -0.4 is 5.73 Å². The van der Waals surface area contributed by atoms with Crippen LogP contribution >= 0.6 is 0 Å². The molecule has 1 fully saturated rings. The number of primary amides is 1. The Morgan fingerprint density at radius 2 is 1.72 bits per heavy atom. The van der Waals surface area contributed by atoms with Crippen molar-refractivity contribution in [1.82, 2.24) is 0 Å². The van der Waals surface area contributed by atoms with Crippen LogP contribution in [0.15, 0.2) is 53.3 Å². The van der Waals surface area contributed by atoms with Crippen molar-refractivity contribution in [1.29, 1.82) is 0 Å². The van der Waals surface area contributed by atoms with Crippen molar-refractivity contribution in [3.8, 4) is 16.9 Å². The summed E-state index contributed by atoms with van der Waals surface area (Å²) >= 11 is 0. The van der Waals surface area contributed by atoms with Crippen molar-refractivity contribution in [2.45, 2.75) is 24.9 Å². The molecule has 0 heterocycles. The van der Waals surface area contributed by atoms with Crippen LogP contribution in [0.2, 0.25) is 0 Å². The number of carbonyl (C=O) groups is 3. The fourth-order valence-corrected chi connectivity index (χ4v) is 5.65. The quantitative estimate of drug-likeness (QED) is 0.241. The Morgan fingerprint density at radius 3 is 2.33 bits per heavy atom. The highest BCUT2D eigenvalue weighted by Crippen LogP contribution is 2.53. The molecule has 6 N–H and O–H groups in total. The number of phenolic OH excluding ortho intramolecular Hbond substituents is 1. The Bertz CT molecular complexity index is 1450. The van der Waals surface area contributed by atoms with Gasteiger partial charge in [0.25, 0.3) is 11.6 Å². The lowest BCUT2D eigenvalue weighted by Gasteiger charge is -2.46. The molecule has 3 aliphatic rings. The summed E-state index contributed by atoms with van der Waals surface area (Å²) in [6.07, 6.45) is -0.259. The maximum atomic E-state index is 13.5. The van der Waals surface area contributed by atoms with E-state index in [1.165, 1.54) is 30.3 Å². The number of hydrogen-bond donors (Lipinski definition) is 5. The highest BCUT2D eigenvalue weighted by molar-refractivity contribution is 6.22. The van der Waals surface area contributed by atoms with Crippen LogP contribution in [-0.2, 0) is 20.8 Å². The Balaban J connectivity index is 1.68. The Morgan fingerprint density at radius 1 is 1.06 bits per heavy atom. The van der Waals surface area contributed by atoms with Gasteiger partial charge in [0.05, 0.1) is 10.5 Å². The average Bonchev–Trinajstić information content (AvgIpc) is 2.81. The summed E-state index contributed by atoms with van der Waals surface area (Å²) in [4.78, 5) is 48.2. The molecule has 3 unspecified atom stereocenters. The second-order valence-electron chi connectivity index (χ2n) is 9.20. The van der Waals surface area contributed by atoms with Gasteiger partial charge in [-0.1, -0.05) is 6.07 Å². The molecule has 2 aromatic rings. The van der Waals surface area contributed by atoms with Gasteiger partial charge in [-0.3, -0.25) is 24.5 Å². The van der Waals surface area contributed by atoms with Gasteiger partial charge in [-0.2, -0.15) is 0 Å². The number of non-ortho nitro benzene ring substituents is 1. The van der Waals surface area contributed by atoms with E-state index < -0.39 is 63.3 Å². The molecule has 5 rings (SSSR count). The minimum absolute atomic E-state index is 0.0122. The number of rotatable bonds is 3. The largest absolute Gasteiger partial charge is 0.508 e. The third kappa shape index (κ3) is 3.06. The van der Waals surface area contributed by atoms with E-state index in [0.29, 0.717) is 16.7 Å². The topological polar surface area (TPSA) is 201 Å². The summed E-state index contributed by atoms with van der Waals surface area (Å²) in [6, 6.07) is 8.59. The zero-order valence-corrected chi connectivity index (χ0v) is 18.6. The Labute approximate surface area is 202 Å². The van der Waals surface area contributed by atoms with E-state index in [1.54, 1.807) is 6.07 Å².